The van der Waals surface area contributed by atoms with Gasteiger partial charge >= 0.3 is 0 Å². The predicted octanol–water partition coefficient (Wildman–Crippen LogP) is 4.96. The number of halogens is 1. The monoisotopic (exact) mass is 495 g/mol. The second-order valence-corrected chi connectivity index (χ2v) is 9.71. The number of hydrogen-bond donors (Lipinski definition) is 2. The number of amides is 1. The molecule has 2 aromatic carbocycles. The Kier molecular flexibility index (Phi) is 6.12. The SMILES string of the molecule is CC(C)(C)n1c(-c2cc(F)ccc2C(=O)NCc2cccnc2)nc2cc(-c3cnc(N)nc3)ccc21. The Morgan fingerprint density at radius 2 is 1.81 bits per heavy atom. The number of carbonyl (C=O) groups excluding carboxylic acids is 1. The van der Waals surface area contributed by atoms with E-state index in [0.717, 1.165) is 22.2 Å². The second-order valence-electron chi connectivity index (χ2n) is 9.71. The number of nitrogens with one attached hydrogen (secondary N) is 1. The van der Waals surface area contributed by atoms with E-state index in [1.54, 1.807) is 30.9 Å². The smallest absolute Gasteiger partial charge is 0.252 e. The second kappa shape index (κ2) is 9.42. The summed E-state index contributed by atoms with van der Waals surface area (Å²) in [7, 11) is 0. The lowest BCUT2D eigenvalue weighted by atomic mass is 10.0. The first-order valence-electron chi connectivity index (χ1n) is 11.8. The zero-order valence-electron chi connectivity index (χ0n) is 20.7. The van der Waals surface area contributed by atoms with Gasteiger partial charge in [0.05, 0.1) is 16.6 Å². The molecule has 0 saturated carbocycles. The molecule has 37 heavy (non-hydrogen) atoms. The summed E-state index contributed by atoms with van der Waals surface area (Å²) in [6, 6.07) is 13.7. The lowest BCUT2D eigenvalue weighted by Gasteiger charge is -2.25. The van der Waals surface area contributed by atoms with Crippen LogP contribution in [0.25, 0.3) is 33.5 Å². The van der Waals surface area contributed by atoms with Crippen molar-refractivity contribution in [3.8, 4) is 22.5 Å². The van der Waals surface area contributed by atoms with Crippen LogP contribution in [-0.2, 0) is 12.1 Å². The third-order valence-electron chi connectivity index (χ3n) is 5.97. The number of anilines is 1. The standard InChI is InChI=1S/C28H26FN7O/c1-28(2,3)36-24-9-6-18(19-15-33-27(30)34-16-19)11-23(24)35-25(36)22-12-20(29)7-8-21(22)26(37)32-14-17-5-4-10-31-13-17/h4-13,15-16H,14H2,1-3H3,(H,32,37)(H2,30,33,34). The van der Waals surface area contributed by atoms with Gasteiger partial charge in [-0.3, -0.25) is 9.78 Å². The van der Waals surface area contributed by atoms with Crippen molar-refractivity contribution >= 4 is 22.9 Å². The minimum atomic E-state index is -0.453. The number of hydrogen-bond acceptors (Lipinski definition) is 6. The number of nitrogen functional groups attached to an aromatic ring is 1. The molecule has 9 heteroatoms. The molecule has 0 aliphatic carbocycles. The maximum absolute atomic E-state index is 14.5. The molecule has 0 spiro atoms. The topological polar surface area (TPSA) is 112 Å². The molecule has 5 aromatic rings. The van der Waals surface area contributed by atoms with E-state index < -0.39 is 11.4 Å². The number of carbonyl (C=O) groups is 1. The molecule has 3 N–H and O–H groups in total. The average Bonchev–Trinajstić information content (AvgIpc) is 3.28. The molecule has 1 amide bonds. The van der Waals surface area contributed by atoms with E-state index >= 15 is 0 Å². The third kappa shape index (κ3) is 4.88. The van der Waals surface area contributed by atoms with E-state index in [-0.39, 0.29) is 11.9 Å². The molecule has 8 nitrogen and oxygen atoms in total. The largest absolute Gasteiger partial charge is 0.368 e. The lowest BCUT2D eigenvalue weighted by Crippen LogP contribution is -2.26. The van der Waals surface area contributed by atoms with Gasteiger partial charge in [0, 0.05) is 48.0 Å². The maximum Gasteiger partial charge on any atom is 0.252 e. The van der Waals surface area contributed by atoms with Crippen molar-refractivity contribution in [2.24, 2.45) is 0 Å². The van der Waals surface area contributed by atoms with E-state index in [1.165, 1.54) is 18.2 Å². The zero-order valence-corrected chi connectivity index (χ0v) is 20.7. The van der Waals surface area contributed by atoms with Gasteiger partial charge in [-0.25, -0.2) is 19.3 Å². The minimum absolute atomic E-state index is 0.199. The summed E-state index contributed by atoms with van der Waals surface area (Å²) in [5.41, 5.74) is 10.0. The van der Waals surface area contributed by atoms with Gasteiger partial charge in [0.25, 0.3) is 5.91 Å². The van der Waals surface area contributed by atoms with Gasteiger partial charge in [-0.15, -0.1) is 0 Å². The minimum Gasteiger partial charge on any atom is -0.368 e. The number of nitrogens with two attached hydrogens (primary N) is 1. The fourth-order valence-corrected chi connectivity index (χ4v) is 4.29. The molecule has 3 heterocycles. The van der Waals surface area contributed by atoms with Gasteiger partial charge in [-0.05, 0) is 68.3 Å². The summed E-state index contributed by atoms with van der Waals surface area (Å²) < 4.78 is 16.6. The first kappa shape index (κ1) is 24.1. The van der Waals surface area contributed by atoms with Gasteiger partial charge in [0.1, 0.15) is 11.6 Å². The summed E-state index contributed by atoms with van der Waals surface area (Å²) in [5, 5.41) is 2.91. The van der Waals surface area contributed by atoms with Crippen molar-refractivity contribution in [1.29, 1.82) is 0 Å². The van der Waals surface area contributed by atoms with Crippen LogP contribution < -0.4 is 11.1 Å². The van der Waals surface area contributed by atoms with E-state index in [4.69, 9.17) is 10.7 Å². The Bertz CT molecular complexity index is 1590. The first-order valence-corrected chi connectivity index (χ1v) is 11.8. The number of aromatic nitrogens is 5. The van der Waals surface area contributed by atoms with E-state index in [9.17, 15) is 9.18 Å². The van der Waals surface area contributed by atoms with E-state index in [2.05, 4.69) is 20.3 Å². The van der Waals surface area contributed by atoms with Crippen molar-refractivity contribution in [2.75, 3.05) is 5.73 Å². The molecule has 0 aliphatic heterocycles. The van der Waals surface area contributed by atoms with Crippen LogP contribution in [0.3, 0.4) is 0 Å². The molecular formula is C28H26FN7O. The molecule has 5 rings (SSSR count). The van der Waals surface area contributed by atoms with Crippen LogP contribution in [0.4, 0.5) is 10.3 Å². The van der Waals surface area contributed by atoms with Crippen molar-refractivity contribution in [3.63, 3.8) is 0 Å². The normalized spacial score (nSPS) is 11.6. The number of fused-ring (bicyclic) bond motifs is 1. The molecule has 0 bridgehead atoms. The fourth-order valence-electron chi connectivity index (χ4n) is 4.29. The fraction of sp³-hybridized carbons (Fsp3) is 0.179. The van der Waals surface area contributed by atoms with Crippen LogP contribution in [-0.4, -0.2) is 30.4 Å². The van der Waals surface area contributed by atoms with Gasteiger partial charge in [0.2, 0.25) is 5.95 Å². The van der Waals surface area contributed by atoms with Crippen LogP contribution >= 0.6 is 0 Å². The van der Waals surface area contributed by atoms with Gasteiger partial charge in [-0.1, -0.05) is 12.1 Å². The summed E-state index contributed by atoms with van der Waals surface area (Å²) in [6.07, 6.45) is 6.67. The van der Waals surface area contributed by atoms with Crippen LogP contribution in [0.5, 0.6) is 0 Å². The molecule has 0 aliphatic rings. The summed E-state index contributed by atoms with van der Waals surface area (Å²) in [5.74, 6) is -0.0825. The summed E-state index contributed by atoms with van der Waals surface area (Å²) in [6.45, 7) is 6.43. The molecule has 0 unspecified atom stereocenters. The highest BCUT2D eigenvalue weighted by atomic mass is 19.1. The molecule has 186 valence electrons. The Morgan fingerprint density at radius 1 is 1.03 bits per heavy atom. The lowest BCUT2D eigenvalue weighted by molar-refractivity contribution is 0.0951. The highest BCUT2D eigenvalue weighted by molar-refractivity contribution is 6.01. The Balaban J connectivity index is 1.62. The van der Waals surface area contributed by atoms with E-state index in [1.807, 2.05) is 49.6 Å². The van der Waals surface area contributed by atoms with Gasteiger partial charge in [-0.2, -0.15) is 0 Å². The summed E-state index contributed by atoms with van der Waals surface area (Å²) in [4.78, 5) is 30.4. The highest BCUT2D eigenvalue weighted by Gasteiger charge is 2.26. The Labute approximate surface area is 213 Å². The van der Waals surface area contributed by atoms with Crippen LogP contribution in [0.1, 0.15) is 36.7 Å². The molecule has 0 radical (unpaired) electrons. The van der Waals surface area contributed by atoms with Gasteiger partial charge < -0.3 is 15.6 Å². The first-order chi connectivity index (χ1) is 17.7. The van der Waals surface area contributed by atoms with E-state index in [0.29, 0.717) is 29.0 Å². The molecule has 0 fully saturated rings. The van der Waals surface area contributed by atoms with Crippen molar-refractivity contribution in [2.45, 2.75) is 32.9 Å². The molecule has 0 saturated heterocycles. The zero-order chi connectivity index (χ0) is 26.2. The quantitative estimate of drug-likeness (QED) is 0.356. The van der Waals surface area contributed by atoms with Crippen LogP contribution in [0, 0.1) is 5.82 Å². The molecule has 0 atom stereocenters. The van der Waals surface area contributed by atoms with Crippen molar-refractivity contribution in [1.82, 2.24) is 29.8 Å². The van der Waals surface area contributed by atoms with Gasteiger partial charge in [0.15, 0.2) is 0 Å². The van der Waals surface area contributed by atoms with Crippen molar-refractivity contribution < 1.29 is 9.18 Å². The van der Waals surface area contributed by atoms with Crippen LogP contribution in [0.15, 0.2) is 73.3 Å². The number of benzene rings is 2. The Morgan fingerprint density at radius 3 is 2.51 bits per heavy atom. The summed E-state index contributed by atoms with van der Waals surface area (Å²) >= 11 is 0. The molecular weight excluding hydrogens is 469 g/mol. The average molecular weight is 496 g/mol. The van der Waals surface area contributed by atoms with Crippen LogP contribution in [0.2, 0.25) is 0 Å². The van der Waals surface area contributed by atoms with Crippen molar-refractivity contribution in [3.05, 3.63) is 90.3 Å². The molecule has 3 aromatic heterocycles. The number of nitrogens with zero attached hydrogens (tertiary/aromatic N) is 5. The Hall–Kier alpha value is -4.66. The highest BCUT2D eigenvalue weighted by Crippen LogP contribution is 2.35. The number of rotatable bonds is 5. The number of imidazole rings is 1. The predicted molar refractivity (Wildman–Crippen MR) is 141 cm³/mol. The maximum atomic E-state index is 14.5. The number of pyridine rings is 1. The third-order valence-corrected chi connectivity index (χ3v) is 5.97.